The minimum absolute atomic E-state index is 0.00948. The normalized spacial score (nSPS) is 15.9. The largest absolute Gasteiger partial charge is 0.454 e. The van der Waals surface area contributed by atoms with Crippen LogP contribution < -0.4 is 14.8 Å². The highest BCUT2D eigenvalue weighted by molar-refractivity contribution is 5.93. The molecule has 3 aromatic rings. The van der Waals surface area contributed by atoms with Crippen molar-refractivity contribution < 1.29 is 19.1 Å². The Morgan fingerprint density at radius 2 is 1.87 bits per heavy atom. The number of likely N-dealkylation sites (tertiary alicyclic amines) is 1. The molecule has 2 aliphatic heterocycles. The van der Waals surface area contributed by atoms with Crippen LogP contribution in [0.5, 0.6) is 11.5 Å². The van der Waals surface area contributed by atoms with Crippen LogP contribution in [0.3, 0.4) is 0 Å². The molecule has 0 spiro atoms. The number of anilines is 1. The molecule has 0 unspecified atom stereocenters. The summed E-state index contributed by atoms with van der Waals surface area (Å²) in [5, 5.41) is 4.14. The molecule has 2 N–H and O–H groups in total. The molecule has 0 aliphatic carbocycles. The van der Waals surface area contributed by atoms with E-state index in [1.165, 1.54) is 10.9 Å². The zero-order valence-electron chi connectivity index (χ0n) is 17.2. The topological polar surface area (TPSA) is 83.7 Å². The van der Waals surface area contributed by atoms with Gasteiger partial charge in [0.25, 0.3) is 0 Å². The molecule has 0 atom stereocenters. The fourth-order valence-corrected chi connectivity index (χ4v) is 4.35. The van der Waals surface area contributed by atoms with Crippen molar-refractivity contribution >= 4 is 28.4 Å². The smallest absolute Gasteiger partial charge is 0.231 e. The van der Waals surface area contributed by atoms with Crippen molar-refractivity contribution in [3.8, 4) is 11.5 Å². The third-order valence-corrected chi connectivity index (χ3v) is 6.14. The summed E-state index contributed by atoms with van der Waals surface area (Å²) in [5.41, 5.74) is 2.97. The van der Waals surface area contributed by atoms with Gasteiger partial charge in [-0.25, -0.2) is 0 Å². The summed E-state index contributed by atoms with van der Waals surface area (Å²) in [6.07, 6.45) is 4.54. The number of fused-ring (bicyclic) bond motifs is 2. The van der Waals surface area contributed by atoms with Gasteiger partial charge >= 0.3 is 0 Å². The Hall–Kier alpha value is -3.48. The van der Waals surface area contributed by atoms with Gasteiger partial charge < -0.3 is 24.7 Å². The van der Waals surface area contributed by atoms with Crippen molar-refractivity contribution in [3.63, 3.8) is 0 Å². The first-order chi connectivity index (χ1) is 15.2. The maximum atomic E-state index is 12.7. The standard InChI is InChI=1S/C24H25N3O4/c28-23(8-5-17-14-25-20-4-2-1-3-19(17)20)27-11-9-16(10-12-27)24(29)26-18-6-7-21-22(13-18)31-15-30-21/h1-4,6-7,13-14,16,25H,5,8-12,15H2,(H,26,29). The lowest BCUT2D eigenvalue weighted by atomic mass is 9.95. The number of hydrogen-bond acceptors (Lipinski definition) is 4. The molecule has 2 aliphatic rings. The average Bonchev–Trinajstić information content (AvgIpc) is 3.44. The summed E-state index contributed by atoms with van der Waals surface area (Å²) < 4.78 is 10.7. The maximum absolute atomic E-state index is 12.7. The molecule has 5 rings (SSSR count). The predicted molar refractivity (Wildman–Crippen MR) is 117 cm³/mol. The van der Waals surface area contributed by atoms with Crippen molar-refractivity contribution in [3.05, 3.63) is 54.2 Å². The van der Waals surface area contributed by atoms with E-state index in [0.717, 1.165) is 5.52 Å². The van der Waals surface area contributed by atoms with Crippen molar-refractivity contribution in [2.45, 2.75) is 25.7 Å². The van der Waals surface area contributed by atoms with Gasteiger partial charge in [-0.2, -0.15) is 0 Å². The molecule has 160 valence electrons. The van der Waals surface area contributed by atoms with E-state index in [2.05, 4.69) is 16.4 Å². The number of hydrogen-bond donors (Lipinski definition) is 2. The molecule has 1 fully saturated rings. The average molecular weight is 419 g/mol. The van der Waals surface area contributed by atoms with Crippen LogP contribution in [0, 0.1) is 5.92 Å². The first-order valence-corrected chi connectivity index (χ1v) is 10.7. The Balaban J connectivity index is 1.11. The van der Waals surface area contributed by atoms with E-state index in [1.807, 2.05) is 35.4 Å². The molecule has 0 radical (unpaired) electrons. The van der Waals surface area contributed by atoms with Gasteiger partial charge in [0.15, 0.2) is 11.5 Å². The molecule has 0 saturated carbocycles. The van der Waals surface area contributed by atoms with Gasteiger partial charge in [-0.3, -0.25) is 9.59 Å². The lowest BCUT2D eigenvalue weighted by Crippen LogP contribution is -2.41. The predicted octanol–water partition coefficient (Wildman–Crippen LogP) is 3.71. The highest BCUT2D eigenvalue weighted by Crippen LogP contribution is 2.34. The van der Waals surface area contributed by atoms with E-state index in [4.69, 9.17) is 9.47 Å². The highest BCUT2D eigenvalue weighted by Gasteiger charge is 2.27. The van der Waals surface area contributed by atoms with Gasteiger partial charge in [-0.05, 0) is 43.0 Å². The molecule has 0 bridgehead atoms. The minimum Gasteiger partial charge on any atom is -0.454 e. The van der Waals surface area contributed by atoms with Crippen molar-refractivity contribution in [1.82, 2.24) is 9.88 Å². The molecule has 1 aromatic heterocycles. The molecule has 3 heterocycles. The third kappa shape index (κ3) is 4.08. The molecule has 2 aromatic carbocycles. The zero-order chi connectivity index (χ0) is 21.2. The second-order valence-corrected chi connectivity index (χ2v) is 8.07. The number of para-hydroxylation sites is 1. The van der Waals surface area contributed by atoms with Crippen molar-refractivity contribution in [1.29, 1.82) is 0 Å². The second-order valence-electron chi connectivity index (χ2n) is 8.07. The number of aromatic amines is 1. The number of piperidine rings is 1. The molecule has 7 heteroatoms. The number of H-pyrrole nitrogens is 1. The molecule has 1 saturated heterocycles. The lowest BCUT2D eigenvalue weighted by Gasteiger charge is -2.31. The number of carbonyl (C=O) groups is 2. The van der Waals surface area contributed by atoms with E-state index < -0.39 is 0 Å². The van der Waals surface area contributed by atoms with Gasteiger partial charge in [0.2, 0.25) is 18.6 Å². The monoisotopic (exact) mass is 419 g/mol. The summed E-state index contributed by atoms with van der Waals surface area (Å²) in [6.45, 7) is 1.44. The number of benzene rings is 2. The Kier molecular flexibility index (Phi) is 5.24. The molecule has 31 heavy (non-hydrogen) atoms. The quantitative estimate of drug-likeness (QED) is 0.660. The third-order valence-electron chi connectivity index (χ3n) is 6.14. The molecular weight excluding hydrogens is 394 g/mol. The van der Waals surface area contributed by atoms with Crippen LogP contribution in [0.25, 0.3) is 10.9 Å². The van der Waals surface area contributed by atoms with Crippen molar-refractivity contribution in [2.24, 2.45) is 5.92 Å². The minimum atomic E-state index is -0.0944. The molecular formula is C24H25N3O4. The van der Waals surface area contributed by atoms with Crippen LogP contribution >= 0.6 is 0 Å². The van der Waals surface area contributed by atoms with E-state index in [1.54, 1.807) is 12.1 Å². The van der Waals surface area contributed by atoms with Crippen LogP contribution in [0.15, 0.2) is 48.7 Å². The Morgan fingerprint density at radius 3 is 2.74 bits per heavy atom. The SMILES string of the molecule is O=C(Nc1ccc2c(c1)OCO2)C1CCN(C(=O)CCc2c[nH]c3ccccc23)CC1. The summed E-state index contributed by atoms with van der Waals surface area (Å²) >= 11 is 0. The van der Waals surface area contributed by atoms with Gasteiger partial charge in [0, 0.05) is 54.3 Å². The van der Waals surface area contributed by atoms with Crippen LogP contribution in [0.4, 0.5) is 5.69 Å². The maximum Gasteiger partial charge on any atom is 0.231 e. The Labute approximate surface area is 180 Å². The number of ether oxygens (including phenoxy) is 2. The van der Waals surface area contributed by atoms with Crippen LogP contribution in [-0.4, -0.2) is 41.6 Å². The number of nitrogens with one attached hydrogen (secondary N) is 2. The van der Waals surface area contributed by atoms with Crippen LogP contribution in [0.2, 0.25) is 0 Å². The summed E-state index contributed by atoms with van der Waals surface area (Å²) in [5.74, 6) is 1.39. The second kappa shape index (κ2) is 8.34. The van der Waals surface area contributed by atoms with E-state index in [0.29, 0.717) is 56.0 Å². The Bertz CT molecular complexity index is 1110. The summed E-state index contributed by atoms with van der Waals surface area (Å²) in [7, 11) is 0. The van der Waals surface area contributed by atoms with Gasteiger partial charge in [-0.1, -0.05) is 18.2 Å². The van der Waals surface area contributed by atoms with E-state index >= 15 is 0 Å². The van der Waals surface area contributed by atoms with E-state index in [-0.39, 0.29) is 24.5 Å². The number of rotatable bonds is 5. The first kappa shape index (κ1) is 19.5. The van der Waals surface area contributed by atoms with Gasteiger partial charge in [-0.15, -0.1) is 0 Å². The zero-order valence-corrected chi connectivity index (χ0v) is 17.2. The first-order valence-electron chi connectivity index (χ1n) is 10.7. The summed E-state index contributed by atoms with van der Waals surface area (Å²) in [6, 6.07) is 13.5. The fraction of sp³-hybridized carbons (Fsp3) is 0.333. The number of amides is 2. The summed E-state index contributed by atoms with van der Waals surface area (Å²) in [4.78, 5) is 30.5. The lowest BCUT2D eigenvalue weighted by molar-refractivity contribution is -0.134. The Morgan fingerprint density at radius 1 is 1.06 bits per heavy atom. The number of aryl methyl sites for hydroxylation is 1. The van der Waals surface area contributed by atoms with Crippen molar-refractivity contribution in [2.75, 3.05) is 25.2 Å². The number of nitrogens with zero attached hydrogens (tertiary/aromatic N) is 1. The van der Waals surface area contributed by atoms with Gasteiger partial charge in [0.1, 0.15) is 0 Å². The van der Waals surface area contributed by atoms with Crippen LogP contribution in [0.1, 0.15) is 24.8 Å². The van der Waals surface area contributed by atoms with E-state index in [9.17, 15) is 9.59 Å². The van der Waals surface area contributed by atoms with Gasteiger partial charge in [0.05, 0.1) is 0 Å². The number of carbonyl (C=O) groups excluding carboxylic acids is 2. The van der Waals surface area contributed by atoms with Crippen LogP contribution in [-0.2, 0) is 16.0 Å². The number of aromatic nitrogens is 1. The molecule has 2 amide bonds. The highest BCUT2D eigenvalue weighted by atomic mass is 16.7. The fourth-order valence-electron chi connectivity index (χ4n) is 4.35. The molecule has 7 nitrogen and oxygen atoms in total.